The molecule has 0 aromatic carbocycles. The molecule has 3 heterocycles. The van der Waals surface area contributed by atoms with E-state index in [0.717, 1.165) is 12.4 Å². The second-order valence-corrected chi connectivity index (χ2v) is 6.18. The van der Waals surface area contributed by atoms with Crippen LogP contribution in [-0.4, -0.2) is 30.8 Å². The van der Waals surface area contributed by atoms with Gasteiger partial charge < -0.3 is 10.6 Å². The molecule has 0 fully saturated rings. The molecule has 0 atom stereocenters. The number of aromatic nitrogens is 5. The number of halogens is 4. The molecule has 30 heavy (non-hydrogen) atoms. The van der Waals surface area contributed by atoms with E-state index in [4.69, 9.17) is 0 Å². The normalized spacial score (nSPS) is 11.4. The van der Waals surface area contributed by atoms with Crippen molar-refractivity contribution >= 4 is 23.2 Å². The molecule has 0 aliphatic carbocycles. The van der Waals surface area contributed by atoms with Gasteiger partial charge in [0.25, 0.3) is 6.43 Å². The summed E-state index contributed by atoms with van der Waals surface area (Å²) in [6.45, 7) is 1.94. The maximum absolute atomic E-state index is 13.5. The number of anilines is 3. The van der Waals surface area contributed by atoms with Gasteiger partial charge in [0.05, 0.1) is 11.4 Å². The first-order valence-corrected chi connectivity index (χ1v) is 8.51. The van der Waals surface area contributed by atoms with Gasteiger partial charge in [0, 0.05) is 44.1 Å². The fourth-order valence-electron chi connectivity index (χ4n) is 2.42. The fraction of sp³-hybridized carbons (Fsp3) is 0.222. The zero-order valence-corrected chi connectivity index (χ0v) is 15.7. The van der Waals surface area contributed by atoms with Crippen molar-refractivity contribution in [3.8, 4) is 11.3 Å². The van der Waals surface area contributed by atoms with Crippen LogP contribution >= 0.6 is 0 Å². The maximum Gasteiger partial charge on any atom is 0.303 e. The van der Waals surface area contributed by atoms with Crippen LogP contribution in [0.3, 0.4) is 0 Å². The third-order valence-corrected chi connectivity index (χ3v) is 3.66. The van der Waals surface area contributed by atoms with Gasteiger partial charge in [-0.1, -0.05) is 0 Å². The van der Waals surface area contributed by atoms with Gasteiger partial charge in [0.2, 0.25) is 11.7 Å². The van der Waals surface area contributed by atoms with Crippen molar-refractivity contribution in [1.29, 1.82) is 0 Å². The van der Waals surface area contributed by atoms with Gasteiger partial charge in [-0.15, -0.1) is 0 Å². The van der Waals surface area contributed by atoms with E-state index in [1.807, 2.05) is 0 Å². The predicted octanol–water partition coefficient (Wildman–Crippen LogP) is 4.08. The highest BCUT2D eigenvalue weighted by molar-refractivity contribution is 5.89. The minimum atomic E-state index is -3.26. The van der Waals surface area contributed by atoms with E-state index < -0.39 is 29.9 Å². The fourth-order valence-corrected chi connectivity index (χ4v) is 2.42. The number of hydrogen-bond donors (Lipinski definition) is 2. The Kier molecular flexibility index (Phi) is 5.85. The van der Waals surface area contributed by atoms with Crippen LogP contribution in [0.1, 0.15) is 31.9 Å². The smallest absolute Gasteiger partial charge is 0.303 e. The minimum absolute atomic E-state index is 0.0193. The summed E-state index contributed by atoms with van der Waals surface area (Å²) in [6.07, 6.45) is 0.721. The molecule has 156 valence electrons. The van der Waals surface area contributed by atoms with Crippen molar-refractivity contribution in [2.24, 2.45) is 0 Å². The molecule has 3 rings (SSSR count). The average Bonchev–Trinajstić information content (AvgIpc) is 2.67. The van der Waals surface area contributed by atoms with Gasteiger partial charge in [-0.3, -0.25) is 4.79 Å². The van der Waals surface area contributed by atoms with Gasteiger partial charge in [-0.2, -0.15) is 8.78 Å². The lowest BCUT2D eigenvalue weighted by Gasteiger charge is -2.15. The quantitative estimate of drug-likeness (QED) is 0.578. The molecule has 0 spiro atoms. The molecule has 0 aliphatic heterocycles. The molecular weight excluding hydrogens is 406 g/mol. The second kappa shape index (κ2) is 8.35. The van der Waals surface area contributed by atoms with Crippen LogP contribution in [-0.2, 0) is 10.7 Å². The summed E-state index contributed by atoms with van der Waals surface area (Å²) in [5, 5.41) is 5.30. The van der Waals surface area contributed by atoms with Crippen molar-refractivity contribution in [1.82, 2.24) is 24.9 Å². The molecule has 3 aromatic rings. The molecule has 0 unspecified atom stereocenters. The highest BCUT2D eigenvalue weighted by Gasteiger charge is 2.28. The Bertz CT molecular complexity index is 1070. The number of alkyl halides is 4. The third kappa shape index (κ3) is 5.01. The number of pyridine rings is 1. The van der Waals surface area contributed by atoms with Crippen LogP contribution in [0.25, 0.3) is 11.3 Å². The van der Waals surface area contributed by atoms with Crippen molar-refractivity contribution in [2.45, 2.75) is 26.2 Å². The first-order valence-electron chi connectivity index (χ1n) is 8.51. The summed E-state index contributed by atoms with van der Waals surface area (Å²) < 4.78 is 53.1. The van der Waals surface area contributed by atoms with Gasteiger partial charge in [-0.05, 0) is 12.1 Å². The topological polar surface area (TPSA) is 106 Å². The predicted molar refractivity (Wildman–Crippen MR) is 99.4 cm³/mol. The summed E-state index contributed by atoms with van der Waals surface area (Å²) in [4.78, 5) is 30.0. The molecule has 3 aromatic heterocycles. The molecule has 12 heteroatoms. The van der Waals surface area contributed by atoms with E-state index >= 15 is 0 Å². The number of hydrogen-bond acceptors (Lipinski definition) is 7. The Hall–Kier alpha value is -3.70. The second-order valence-electron chi connectivity index (χ2n) is 6.18. The van der Waals surface area contributed by atoms with E-state index in [2.05, 4.69) is 35.6 Å². The number of nitrogens with one attached hydrogen (secondary N) is 2. The van der Waals surface area contributed by atoms with Crippen LogP contribution < -0.4 is 10.6 Å². The summed E-state index contributed by atoms with van der Waals surface area (Å²) in [5.41, 5.74) is 0.605. The summed E-state index contributed by atoms with van der Waals surface area (Å²) in [6, 6.07) is 4.13. The summed E-state index contributed by atoms with van der Waals surface area (Å²) in [5.74, 6) is -4.87. The highest BCUT2D eigenvalue weighted by Crippen LogP contribution is 2.31. The van der Waals surface area contributed by atoms with Crippen LogP contribution in [0.4, 0.5) is 34.9 Å². The Morgan fingerprint density at radius 1 is 1.07 bits per heavy atom. The van der Waals surface area contributed by atoms with Gasteiger partial charge in [-0.25, -0.2) is 33.7 Å². The summed E-state index contributed by atoms with van der Waals surface area (Å²) in [7, 11) is 0. The molecule has 0 saturated heterocycles. The Morgan fingerprint density at radius 3 is 2.47 bits per heavy atom. The lowest BCUT2D eigenvalue weighted by Crippen LogP contribution is -2.13. The number of rotatable bonds is 6. The Morgan fingerprint density at radius 2 is 1.80 bits per heavy atom. The third-order valence-electron chi connectivity index (χ3n) is 3.66. The molecule has 0 bridgehead atoms. The van der Waals surface area contributed by atoms with Crippen LogP contribution in [0, 0.1) is 0 Å². The highest BCUT2D eigenvalue weighted by atomic mass is 19.3. The molecule has 0 saturated carbocycles. The first-order chi connectivity index (χ1) is 14.1. The number of nitrogens with zero attached hydrogens (tertiary/aromatic N) is 5. The van der Waals surface area contributed by atoms with E-state index in [-0.39, 0.29) is 28.6 Å². The largest absolute Gasteiger partial charge is 0.339 e. The molecule has 0 aliphatic rings. The number of carbonyl (C=O) groups excluding carboxylic acids is 1. The van der Waals surface area contributed by atoms with Crippen molar-refractivity contribution in [3.05, 3.63) is 48.4 Å². The zero-order valence-electron chi connectivity index (χ0n) is 15.7. The van der Waals surface area contributed by atoms with Crippen LogP contribution in [0.15, 0.2) is 36.8 Å². The van der Waals surface area contributed by atoms with E-state index in [0.29, 0.717) is 6.92 Å². The van der Waals surface area contributed by atoms with Crippen LogP contribution in [0.2, 0.25) is 0 Å². The van der Waals surface area contributed by atoms with E-state index in [1.54, 1.807) is 0 Å². The number of amides is 1. The van der Waals surface area contributed by atoms with Crippen molar-refractivity contribution in [2.75, 3.05) is 10.6 Å². The standard InChI is InChI=1S/C18H15F4N7O/c1-9(30)26-14-7-12(27-13-4-6-24-17(29-13)18(2,21)22)10(8-25-14)11-3-5-23-16(28-11)15(19)20/h3-8,15H,1-2H3,(H2,24,25,26,27,29,30). The van der Waals surface area contributed by atoms with E-state index in [9.17, 15) is 22.4 Å². The zero-order chi connectivity index (χ0) is 21.9. The first kappa shape index (κ1) is 21.0. The van der Waals surface area contributed by atoms with Gasteiger partial charge in [0.1, 0.15) is 11.6 Å². The van der Waals surface area contributed by atoms with Gasteiger partial charge >= 0.3 is 5.92 Å². The Balaban J connectivity index is 2.07. The Labute approximate surface area is 167 Å². The SMILES string of the molecule is CC(=O)Nc1cc(Nc2ccnc(C(C)(F)F)n2)c(-c2ccnc(C(F)F)n2)cn1. The lowest BCUT2D eigenvalue weighted by molar-refractivity contribution is -0.114. The molecule has 1 amide bonds. The molecule has 2 N–H and O–H groups in total. The number of carbonyl (C=O) groups is 1. The van der Waals surface area contributed by atoms with Crippen molar-refractivity contribution < 1.29 is 22.4 Å². The van der Waals surface area contributed by atoms with Crippen molar-refractivity contribution in [3.63, 3.8) is 0 Å². The minimum Gasteiger partial charge on any atom is -0.339 e. The molecule has 0 radical (unpaired) electrons. The summed E-state index contributed by atoms with van der Waals surface area (Å²) >= 11 is 0. The molecular formula is C18H15F4N7O. The monoisotopic (exact) mass is 421 g/mol. The van der Waals surface area contributed by atoms with E-state index in [1.165, 1.54) is 31.3 Å². The molecule has 8 nitrogen and oxygen atoms in total. The maximum atomic E-state index is 13.5. The average molecular weight is 421 g/mol. The lowest BCUT2D eigenvalue weighted by atomic mass is 10.1. The van der Waals surface area contributed by atoms with Crippen LogP contribution in [0.5, 0.6) is 0 Å². The van der Waals surface area contributed by atoms with Gasteiger partial charge in [0.15, 0.2) is 5.82 Å².